The molecule has 3 amide bonds. The van der Waals surface area contributed by atoms with Gasteiger partial charge in [-0.3, -0.25) is 19.3 Å². The number of hydrogen-bond donors (Lipinski definition) is 0. The summed E-state index contributed by atoms with van der Waals surface area (Å²) in [6.07, 6.45) is 3.78. The molecule has 0 aliphatic carbocycles. The molecule has 2 aliphatic heterocycles. The number of benzene rings is 3. The smallest absolute Gasteiger partial charge is 0.262 e. The third-order valence-electron chi connectivity index (χ3n) is 6.44. The Morgan fingerprint density at radius 2 is 1.49 bits per heavy atom. The van der Waals surface area contributed by atoms with Crippen molar-refractivity contribution in [1.29, 1.82) is 0 Å². The number of β-lactam (4-membered cyclic amide) rings is 1. The molecule has 35 heavy (non-hydrogen) atoms. The minimum absolute atomic E-state index is 0.259. The number of carbonyl (C=O) groups is 3. The van der Waals surface area contributed by atoms with Crippen LogP contribution in [-0.2, 0) is 11.3 Å². The van der Waals surface area contributed by atoms with Crippen LogP contribution in [0.25, 0.3) is 6.08 Å². The summed E-state index contributed by atoms with van der Waals surface area (Å²) < 4.78 is 10.8. The predicted molar refractivity (Wildman–Crippen MR) is 130 cm³/mol. The van der Waals surface area contributed by atoms with E-state index in [1.165, 1.54) is 0 Å². The summed E-state index contributed by atoms with van der Waals surface area (Å²) in [4.78, 5) is 42.4. The Morgan fingerprint density at radius 3 is 2.11 bits per heavy atom. The molecule has 7 heteroatoms. The topological polar surface area (TPSA) is 76.2 Å². The maximum Gasteiger partial charge on any atom is 0.262 e. The molecule has 2 atom stereocenters. The first-order valence-electron chi connectivity index (χ1n) is 11.2. The van der Waals surface area contributed by atoms with E-state index in [0.717, 1.165) is 16.0 Å². The van der Waals surface area contributed by atoms with Crippen molar-refractivity contribution in [3.8, 4) is 11.5 Å². The Bertz CT molecular complexity index is 1300. The summed E-state index contributed by atoms with van der Waals surface area (Å²) in [5, 5.41) is 0. The van der Waals surface area contributed by atoms with Crippen LogP contribution in [-0.4, -0.2) is 53.8 Å². The molecule has 0 N–H and O–H groups in total. The Hall–Kier alpha value is -4.39. The van der Waals surface area contributed by atoms with Crippen molar-refractivity contribution in [2.45, 2.75) is 18.6 Å². The van der Waals surface area contributed by atoms with Gasteiger partial charge in [-0.15, -0.1) is 0 Å². The van der Waals surface area contributed by atoms with E-state index in [2.05, 4.69) is 0 Å². The van der Waals surface area contributed by atoms with Gasteiger partial charge in [0.2, 0.25) is 5.91 Å². The van der Waals surface area contributed by atoms with Crippen molar-refractivity contribution in [3.05, 3.63) is 101 Å². The largest absolute Gasteiger partial charge is 0.497 e. The van der Waals surface area contributed by atoms with Crippen LogP contribution in [0.5, 0.6) is 11.5 Å². The third-order valence-corrected chi connectivity index (χ3v) is 6.44. The maximum atomic E-state index is 13.4. The lowest BCUT2D eigenvalue weighted by molar-refractivity contribution is -0.153. The zero-order chi connectivity index (χ0) is 24.5. The molecule has 0 spiro atoms. The first-order chi connectivity index (χ1) is 17.0. The number of imide groups is 1. The normalized spacial score (nSPS) is 19.2. The van der Waals surface area contributed by atoms with Crippen LogP contribution in [0.2, 0.25) is 0 Å². The first-order valence-corrected chi connectivity index (χ1v) is 11.2. The standard InChI is InChI=1S/C28H24N2O5/c1-34-20-14-13-19(24(16-20)35-2)17-29-23(15-12-18-8-4-3-5-9-18)25(28(29)33)30-26(31)21-10-6-7-11-22(21)27(30)32/h3-16,23,25H,17H2,1-2H3/b15-12+/t23-,25+/m1/s1. The number of hydrogen-bond acceptors (Lipinski definition) is 5. The summed E-state index contributed by atoms with van der Waals surface area (Å²) in [6, 6.07) is 20.3. The lowest BCUT2D eigenvalue weighted by atomic mass is 9.91. The lowest BCUT2D eigenvalue weighted by Gasteiger charge is -2.48. The number of ether oxygens (including phenoxy) is 2. The molecule has 0 radical (unpaired) electrons. The van der Waals surface area contributed by atoms with Gasteiger partial charge in [-0.1, -0.05) is 54.6 Å². The van der Waals surface area contributed by atoms with Crippen molar-refractivity contribution in [2.24, 2.45) is 0 Å². The lowest BCUT2D eigenvalue weighted by Crippen LogP contribution is -2.70. The first kappa shape index (κ1) is 22.4. The summed E-state index contributed by atoms with van der Waals surface area (Å²) in [5.74, 6) is 0.0599. The zero-order valence-electron chi connectivity index (χ0n) is 19.4. The van der Waals surface area contributed by atoms with Crippen molar-refractivity contribution >= 4 is 23.8 Å². The van der Waals surface area contributed by atoms with Crippen LogP contribution in [0.3, 0.4) is 0 Å². The van der Waals surface area contributed by atoms with E-state index in [-0.39, 0.29) is 12.5 Å². The van der Waals surface area contributed by atoms with E-state index in [9.17, 15) is 14.4 Å². The molecule has 7 nitrogen and oxygen atoms in total. The van der Waals surface area contributed by atoms with E-state index in [1.54, 1.807) is 55.5 Å². The maximum absolute atomic E-state index is 13.4. The van der Waals surface area contributed by atoms with Gasteiger partial charge >= 0.3 is 0 Å². The second kappa shape index (κ2) is 9.10. The highest BCUT2D eigenvalue weighted by atomic mass is 16.5. The average molecular weight is 469 g/mol. The van der Waals surface area contributed by atoms with E-state index < -0.39 is 23.9 Å². The fraction of sp³-hybridized carbons (Fsp3) is 0.179. The summed E-state index contributed by atoms with van der Waals surface area (Å²) in [7, 11) is 3.13. The van der Waals surface area contributed by atoms with E-state index in [0.29, 0.717) is 22.6 Å². The fourth-order valence-electron chi connectivity index (χ4n) is 4.61. The molecule has 0 unspecified atom stereocenters. The molecule has 176 valence electrons. The Labute approximate surface area is 203 Å². The van der Waals surface area contributed by atoms with Gasteiger partial charge in [-0.25, -0.2) is 0 Å². The fourth-order valence-corrected chi connectivity index (χ4v) is 4.61. The molecule has 3 aromatic carbocycles. The molecule has 1 fully saturated rings. The van der Waals surface area contributed by atoms with Gasteiger partial charge in [0, 0.05) is 11.6 Å². The number of likely N-dealkylation sites (tertiary alicyclic amines) is 1. The highest BCUT2D eigenvalue weighted by Gasteiger charge is 2.55. The van der Waals surface area contributed by atoms with Gasteiger partial charge in [0.25, 0.3) is 11.8 Å². The molecule has 2 aliphatic rings. The quantitative estimate of drug-likeness (QED) is 0.390. The highest BCUT2D eigenvalue weighted by Crippen LogP contribution is 2.36. The molecule has 5 rings (SSSR count). The van der Waals surface area contributed by atoms with Crippen LogP contribution in [0.15, 0.2) is 78.9 Å². The number of methoxy groups -OCH3 is 2. The van der Waals surface area contributed by atoms with Crippen LogP contribution >= 0.6 is 0 Å². The van der Waals surface area contributed by atoms with Crippen LogP contribution in [0, 0.1) is 0 Å². The Kier molecular flexibility index (Phi) is 5.82. The number of amides is 3. The Morgan fingerprint density at radius 1 is 0.829 bits per heavy atom. The summed E-state index contributed by atoms with van der Waals surface area (Å²) in [6.45, 7) is 0.259. The average Bonchev–Trinajstić information content (AvgIpc) is 3.15. The molecule has 2 heterocycles. The van der Waals surface area contributed by atoms with Crippen LogP contribution in [0.4, 0.5) is 0 Å². The zero-order valence-corrected chi connectivity index (χ0v) is 19.4. The molecule has 0 aromatic heterocycles. The van der Waals surface area contributed by atoms with Gasteiger partial charge in [0.05, 0.1) is 37.9 Å². The van der Waals surface area contributed by atoms with E-state index in [4.69, 9.17) is 9.47 Å². The number of rotatable bonds is 7. The molecule has 0 saturated carbocycles. The monoisotopic (exact) mass is 468 g/mol. The van der Waals surface area contributed by atoms with E-state index in [1.807, 2.05) is 48.6 Å². The number of fused-ring (bicyclic) bond motifs is 1. The van der Waals surface area contributed by atoms with Gasteiger partial charge in [0.15, 0.2) is 0 Å². The van der Waals surface area contributed by atoms with Gasteiger partial charge in [0.1, 0.15) is 17.5 Å². The van der Waals surface area contributed by atoms with Crippen LogP contribution in [0.1, 0.15) is 31.8 Å². The van der Waals surface area contributed by atoms with Crippen molar-refractivity contribution < 1.29 is 23.9 Å². The number of carbonyl (C=O) groups excluding carboxylic acids is 3. The Balaban J connectivity index is 1.48. The van der Waals surface area contributed by atoms with Crippen molar-refractivity contribution in [1.82, 2.24) is 9.80 Å². The van der Waals surface area contributed by atoms with Crippen molar-refractivity contribution in [2.75, 3.05) is 14.2 Å². The molecular weight excluding hydrogens is 444 g/mol. The highest BCUT2D eigenvalue weighted by molar-refractivity contribution is 6.23. The summed E-state index contributed by atoms with van der Waals surface area (Å²) in [5.41, 5.74) is 2.40. The van der Waals surface area contributed by atoms with Gasteiger partial charge < -0.3 is 14.4 Å². The van der Waals surface area contributed by atoms with Crippen molar-refractivity contribution in [3.63, 3.8) is 0 Å². The molecule has 0 bridgehead atoms. The number of nitrogens with zero attached hydrogens (tertiary/aromatic N) is 2. The SMILES string of the molecule is COc1ccc(CN2C(=O)[C@@H](N3C(=O)c4ccccc4C3=O)[C@H]2/C=C/c2ccccc2)c(OC)c1. The minimum atomic E-state index is -0.911. The third kappa shape index (κ3) is 3.85. The molecular formula is C28H24N2O5. The second-order valence-electron chi connectivity index (χ2n) is 8.38. The molecule has 3 aromatic rings. The molecule has 1 saturated heterocycles. The minimum Gasteiger partial charge on any atom is -0.497 e. The second-order valence-corrected chi connectivity index (χ2v) is 8.38. The van der Waals surface area contributed by atoms with E-state index >= 15 is 0 Å². The van der Waals surface area contributed by atoms with Gasteiger partial charge in [-0.05, 0) is 29.8 Å². The van der Waals surface area contributed by atoms with Crippen LogP contribution < -0.4 is 9.47 Å². The van der Waals surface area contributed by atoms with Gasteiger partial charge in [-0.2, -0.15) is 0 Å². The predicted octanol–water partition coefficient (Wildman–Crippen LogP) is 3.79. The summed E-state index contributed by atoms with van der Waals surface area (Å²) >= 11 is 0.